The fraction of sp³-hybridized carbons (Fsp3) is 0.222. The van der Waals surface area contributed by atoms with Gasteiger partial charge in [0, 0.05) is 17.3 Å². The Morgan fingerprint density at radius 3 is 2.23 bits per heavy atom. The van der Waals surface area contributed by atoms with E-state index < -0.39 is 16.0 Å². The monoisotopic (exact) mass is 376 g/mol. The van der Waals surface area contributed by atoms with E-state index in [1.165, 1.54) is 49.6 Å². The van der Waals surface area contributed by atoms with Crippen molar-refractivity contribution in [3.05, 3.63) is 59.7 Å². The highest BCUT2D eigenvalue weighted by Gasteiger charge is 2.16. The number of sulfonamides is 1. The molecule has 0 atom stereocenters. The van der Waals surface area contributed by atoms with E-state index in [4.69, 9.17) is 0 Å². The second-order valence-electron chi connectivity index (χ2n) is 5.83. The number of nitrogens with one attached hydrogen (secondary N) is 2. The average Bonchev–Trinajstić information content (AvgIpc) is 2.60. The first-order valence-corrected chi connectivity index (χ1v) is 9.33. The van der Waals surface area contributed by atoms with Crippen LogP contribution in [0.5, 0.6) is 0 Å². The van der Waals surface area contributed by atoms with Gasteiger partial charge in [-0.05, 0) is 56.3 Å². The Morgan fingerprint density at radius 2 is 1.65 bits per heavy atom. The molecular weight excluding hydrogens is 356 g/mol. The summed E-state index contributed by atoms with van der Waals surface area (Å²) in [7, 11) is -2.62. The largest absolute Gasteiger partial charge is 0.465 e. The number of methoxy groups -OCH3 is 1. The molecule has 0 heterocycles. The minimum atomic E-state index is -3.86. The van der Waals surface area contributed by atoms with E-state index >= 15 is 0 Å². The summed E-state index contributed by atoms with van der Waals surface area (Å²) < 4.78 is 32.0. The van der Waals surface area contributed by atoms with Crippen LogP contribution in [0.4, 0.5) is 5.69 Å². The summed E-state index contributed by atoms with van der Waals surface area (Å²) in [5.74, 6) is -0.839. The molecule has 7 nitrogen and oxygen atoms in total. The van der Waals surface area contributed by atoms with Gasteiger partial charge in [0.25, 0.3) is 15.9 Å². The molecule has 2 rings (SSSR count). The van der Waals surface area contributed by atoms with Crippen LogP contribution in [-0.2, 0) is 14.8 Å². The van der Waals surface area contributed by atoms with Crippen molar-refractivity contribution < 1.29 is 22.7 Å². The Balaban J connectivity index is 2.20. The topological polar surface area (TPSA) is 102 Å². The van der Waals surface area contributed by atoms with Gasteiger partial charge in [-0.25, -0.2) is 13.2 Å². The first kappa shape index (κ1) is 19.5. The van der Waals surface area contributed by atoms with Gasteiger partial charge in [-0.2, -0.15) is 0 Å². The number of ether oxygens (including phenoxy) is 1. The number of anilines is 1. The summed E-state index contributed by atoms with van der Waals surface area (Å²) in [6.45, 7) is 3.67. The average molecular weight is 376 g/mol. The zero-order chi connectivity index (χ0) is 19.3. The molecule has 0 aromatic heterocycles. The lowest BCUT2D eigenvalue weighted by atomic mass is 10.2. The van der Waals surface area contributed by atoms with Gasteiger partial charge in [-0.1, -0.05) is 6.07 Å². The van der Waals surface area contributed by atoms with Crippen molar-refractivity contribution in [1.29, 1.82) is 0 Å². The number of hydrogen-bond donors (Lipinski definition) is 2. The fourth-order valence-corrected chi connectivity index (χ4v) is 3.22. The molecule has 0 bridgehead atoms. The van der Waals surface area contributed by atoms with Gasteiger partial charge in [0.05, 0.1) is 17.6 Å². The van der Waals surface area contributed by atoms with E-state index in [0.717, 1.165) is 0 Å². The Kier molecular flexibility index (Phi) is 5.99. The first-order chi connectivity index (χ1) is 12.2. The predicted octanol–water partition coefficient (Wildman–Crippen LogP) is 2.41. The summed E-state index contributed by atoms with van der Waals surface area (Å²) in [5, 5.41) is 2.73. The quantitative estimate of drug-likeness (QED) is 0.754. The predicted molar refractivity (Wildman–Crippen MR) is 97.6 cm³/mol. The molecule has 0 saturated carbocycles. The number of amides is 1. The van der Waals surface area contributed by atoms with Crippen molar-refractivity contribution in [3.8, 4) is 0 Å². The minimum absolute atomic E-state index is 0.00191. The number of carbonyl (C=O) groups excluding carboxylic acids is 2. The van der Waals surface area contributed by atoms with Crippen LogP contribution < -0.4 is 10.0 Å². The van der Waals surface area contributed by atoms with E-state index in [1.54, 1.807) is 6.07 Å². The normalized spacial score (nSPS) is 11.1. The highest BCUT2D eigenvalue weighted by atomic mass is 32.2. The van der Waals surface area contributed by atoms with Crippen molar-refractivity contribution in [1.82, 2.24) is 5.32 Å². The van der Waals surface area contributed by atoms with Crippen molar-refractivity contribution >= 4 is 27.6 Å². The SMILES string of the molecule is COC(=O)c1cccc(NS(=O)(=O)c2ccc(C(=O)NC(C)C)cc2)c1. The Bertz CT molecular complexity index is 905. The van der Waals surface area contributed by atoms with Crippen molar-refractivity contribution in [2.75, 3.05) is 11.8 Å². The Labute approximate surface area is 152 Å². The van der Waals surface area contributed by atoms with E-state index in [-0.39, 0.29) is 28.1 Å². The molecule has 2 N–H and O–H groups in total. The molecule has 0 aliphatic heterocycles. The molecule has 0 unspecified atom stereocenters. The Hall–Kier alpha value is -2.87. The van der Waals surface area contributed by atoms with Crippen LogP contribution in [-0.4, -0.2) is 33.4 Å². The zero-order valence-corrected chi connectivity index (χ0v) is 15.5. The Morgan fingerprint density at radius 1 is 1.00 bits per heavy atom. The van der Waals surface area contributed by atoms with Crippen LogP contribution in [0, 0.1) is 0 Å². The lowest BCUT2D eigenvalue weighted by molar-refractivity contribution is 0.0600. The van der Waals surface area contributed by atoms with Crippen molar-refractivity contribution in [2.45, 2.75) is 24.8 Å². The van der Waals surface area contributed by atoms with Gasteiger partial charge in [0.15, 0.2) is 0 Å². The van der Waals surface area contributed by atoms with Crippen molar-refractivity contribution in [3.63, 3.8) is 0 Å². The molecular formula is C18H20N2O5S. The third kappa shape index (κ3) is 4.82. The van der Waals surface area contributed by atoms with Gasteiger partial charge in [0.1, 0.15) is 0 Å². The van der Waals surface area contributed by atoms with Gasteiger partial charge in [-0.15, -0.1) is 0 Å². The van der Waals surface area contributed by atoms with Gasteiger partial charge < -0.3 is 10.1 Å². The minimum Gasteiger partial charge on any atom is -0.465 e. The smallest absolute Gasteiger partial charge is 0.337 e. The molecule has 0 saturated heterocycles. The number of hydrogen-bond acceptors (Lipinski definition) is 5. The summed E-state index contributed by atoms with van der Waals surface area (Å²) in [6, 6.07) is 11.5. The molecule has 0 spiro atoms. The number of esters is 1. The molecule has 8 heteroatoms. The second-order valence-corrected chi connectivity index (χ2v) is 7.51. The lowest BCUT2D eigenvalue weighted by Gasteiger charge is -2.11. The van der Waals surface area contributed by atoms with Crippen LogP contribution >= 0.6 is 0 Å². The highest BCUT2D eigenvalue weighted by Crippen LogP contribution is 2.18. The first-order valence-electron chi connectivity index (χ1n) is 7.85. The molecule has 2 aromatic carbocycles. The number of carbonyl (C=O) groups is 2. The molecule has 0 aliphatic rings. The summed E-state index contributed by atoms with van der Waals surface area (Å²) >= 11 is 0. The van der Waals surface area contributed by atoms with Crippen LogP contribution in [0.2, 0.25) is 0 Å². The number of benzene rings is 2. The van der Waals surface area contributed by atoms with Crippen LogP contribution in [0.1, 0.15) is 34.6 Å². The maximum absolute atomic E-state index is 12.5. The van der Waals surface area contributed by atoms with Crippen LogP contribution in [0.15, 0.2) is 53.4 Å². The molecule has 26 heavy (non-hydrogen) atoms. The van der Waals surface area contributed by atoms with E-state index in [0.29, 0.717) is 5.56 Å². The van der Waals surface area contributed by atoms with Crippen LogP contribution in [0.25, 0.3) is 0 Å². The zero-order valence-electron chi connectivity index (χ0n) is 14.6. The van der Waals surface area contributed by atoms with E-state index in [9.17, 15) is 18.0 Å². The van der Waals surface area contributed by atoms with Crippen molar-refractivity contribution in [2.24, 2.45) is 0 Å². The third-order valence-electron chi connectivity index (χ3n) is 3.38. The van der Waals surface area contributed by atoms with E-state index in [2.05, 4.69) is 14.8 Å². The standard InChI is InChI=1S/C18H20N2O5S/c1-12(2)19-17(21)13-7-9-16(10-8-13)26(23,24)20-15-6-4-5-14(11-15)18(22)25-3/h4-12,20H,1-3H3,(H,19,21). The summed E-state index contributed by atoms with van der Waals surface area (Å²) in [4.78, 5) is 23.5. The van der Waals surface area contributed by atoms with Gasteiger partial charge >= 0.3 is 5.97 Å². The summed E-state index contributed by atoms with van der Waals surface area (Å²) in [6.07, 6.45) is 0. The molecule has 0 aliphatic carbocycles. The van der Waals surface area contributed by atoms with Gasteiger partial charge in [-0.3, -0.25) is 9.52 Å². The molecule has 138 valence electrons. The highest BCUT2D eigenvalue weighted by molar-refractivity contribution is 7.92. The third-order valence-corrected chi connectivity index (χ3v) is 4.78. The van der Waals surface area contributed by atoms with Gasteiger partial charge in [0.2, 0.25) is 0 Å². The molecule has 1 amide bonds. The molecule has 0 fully saturated rings. The summed E-state index contributed by atoms with van der Waals surface area (Å²) in [5.41, 5.74) is 0.827. The second kappa shape index (κ2) is 8.01. The maximum Gasteiger partial charge on any atom is 0.337 e. The van der Waals surface area contributed by atoms with E-state index in [1.807, 2.05) is 13.8 Å². The maximum atomic E-state index is 12.5. The molecule has 2 aromatic rings. The lowest BCUT2D eigenvalue weighted by Crippen LogP contribution is -2.30. The molecule has 0 radical (unpaired) electrons. The van der Waals surface area contributed by atoms with Crippen LogP contribution in [0.3, 0.4) is 0 Å². The number of rotatable bonds is 6. The fourth-order valence-electron chi connectivity index (χ4n) is 2.17.